The molecule has 1 saturated heterocycles. The SMILES string of the molecule is COc1cc(OC)cc(N2CCC(NCc3nccn3C)C2)c1. The minimum atomic E-state index is 0.462. The molecule has 0 radical (unpaired) electrons. The highest BCUT2D eigenvalue weighted by atomic mass is 16.5. The molecule has 23 heavy (non-hydrogen) atoms. The second kappa shape index (κ2) is 6.91. The smallest absolute Gasteiger partial charge is 0.124 e. The van der Waals surface area contributed by atoms with Crippen LogP contribution in [0.2, 0.25) is 0 Å². The molecule has 1 N–H and O–H groups in total. The Kier molecular flexibility index (Phi) is 4.71. The molecule has 3 rings (SSSR count). The predicted octanol–water partition coefficient (Wildman–Crippen LogP) is 1.81. The van der Waals surface area contributed by atoms with Crippen LogP contribution in [-0.2, 0) is 13.6 Å². The van der Waals surface area contributed by atoms with E-state index in [1.54, 1.807) is 14.2 Å². The molecular weight excluding hydrogens is 292 g/mol. The van der Waals surface area contributed by atoms with Gasteiger partial charge in [0.2, 0.25) is 0 Å². The summed E-state index contributed by atoms with van der Waals surface area (Å²) < 4.78 is 12.8. The van der Waals surface area contributed by atoms with E-state index in [0.717, 1.165) is 49.1 Å². The highest BCUT2D eigenvalue weighted by molar-refractivity contribution is 5.56. The lowest BCUT2D eigenvalue weighted by molar-refractivity contribution is 0.394. The predicted molar refractivity (Wildman–Crippen MR) is 90.2 cm³/mol. The number of aromatic nitrogens is 2. The normalized spacial score (nSPS) is 17.5. The summed E-state index contributed by atoms with van der Waals surface area (Å²) in [5, 5.41) is 3.59. The minimum absolute atomic E-state index is 0.462. The number of methoxy groups -OCH3 is 2. The van der Waals surface area contributed by atoms with Gasteiger partial charge in [0.15, 0.2) is 0 Å². The molecular formula is C17H24N4O2. The van der Waals surface area contributed by atoms with Crippen LogP contribution in [0.5, 0.6) is 11.5 Å². The number of aryl methyl sites for hydroxylation is 1. The van der Waals surface area contributed by atoms with Crippen LogP contribution in [0.1, 0.15) is 12.2 Å². The fourth-order valence-corrected chi connectivity index (χ4v) is 2.94. The van der Waals surface area contributed by atoms with Crippen molar-refractivity contribution in [1.82, 2.24) is 14.9 Å². The first-order chi connectivity index (χ1) is 11.2. The van der Waals surface area contributed by atoms with Crippen molar-refractivity contribution in [2.45, 2.75) is 19.0 Å². The van der Waals surface area contributed by atoms with Crippen molar-refractivity contribution in [1.29, 1.82) is 0 Å². The zero-order valence-electron chi connectivity index (χ0n) is 14.0. The summed E-state index contributed by atoms with van der Waals surface area (Å²) in [5.41, 5.74) is 1.14. The molecule has 1 aliphatic rings. The molecule has 1 unspecified atom stereocenters. The summed E-state index contributed by atoms with van der Waals surface area (Å²) in [5.74, 6) is 2.71. The van der Waals surface area contributed by atoms with Gasteiger partial charge in [-0.2, -0.15) is 0 Å². The van der Waals surface area contributed by atoms with E-state index >= 15 is 0 Å². The summed E-state index contributed by atoms with van der Waals surface area (Å²) in [7, 11) is 5.38. The fraction of sp³-hybridized carbons (Fsp3) is 0.471. The van der Waals surface area contributed by atoms with Crippen LogP contribution in [0.4, 0.5) is 5.69 Å². The first kappa shape index (κ1) is 15.7. The Morgan fingerprint density at radius 2 is 1.96 bits per heavy atom. The average molecular weight is 316 g/mol. The summed E-state index contributed by atoms with van der Waals surface area (Å²) in [6.07, 6.45) is 4.92. The molecule has 1 atom stereocenters. The van der Waals surface area contributed by atoms with Crippen LogP contribution in [0.15, 0.2) is 30.6 Å². The molecule has 6 nitrogen and oxygen atoms in total. The summed E-state index contributed by atoms with van der Waals surface area (Å²) in [6.45, 7) is 2.79. The largest absolute Gasteiger partial charge is 0.497 e. The van der Waals surface area contributed by atoms with E-state index in [9.17, 15) is 0 Å². The van der Waals surface area contributed by atoms with Crippen molar-refractivity contribution in [3.63, 3.8) is 0 Å². The number of anilines is 1. The Bertz CT molecular complexity index is 634. The second-order valence-corrected chi connectivity index (χ2v) is 5.84. The van der Waals surface area contributed by atoms with Crippen LogP contribution in [-0.4, -0.2) is 42.9 Å². The van der Waals surface area contributed by atoms with Crippen LogP contribution >= 0.6 is 0 Å². The number of hydrogen-bond donors (Lipinski definition) is 1. The molecule has 0 saturated carbocycles. The summed E-state index contributed by atoms with van der Waals surface area (Å²) in [6, 6.07) is 6.48. The maximum absolute atomic E-state index is 5.36. The van der Waals surface area contributed by atoms with Crippen LogP contribution in [0.3, 0.4) is 0 Å². The molecule has 6 heteroatoms. The van der Waals surface area contributed by atoms with Gasteiger partial charge in [-0.1, -0.05) is 0 Å². The molecule has 1 aromatic heterocycles. The van der Waals surface area contributed by atoms with Crippen molar-refractivity contribution >= 4 is 5.69 Å². The molecule has 1 aliphatic heterocycles. The van der Waals surface area contributed by atoms with E-state index in [2.05, 4.69) is 27.3 Å². The van der Waals surface area contributed by atoms with E-state index < -0.39 is 0 Å². The van der Waals surface area contributed by atoms with Gasteiger partial charge in [-0.15, -0.1) is 0 Å². The third-order valence-electron chi connectivity index (χ3n) is 4.36. The summed E-state index contributed by atoms with van der Waals surface area (Å²) >= 11 is 0. The Morgan fingerprint density at radius 3 is 2.57 bits per heavy atom. The monoisotopic (exact) mass is 316 g/mol. The lowest BCUT2D eigenvalue weighted by Crippen LogP contribution is -2.32. The van der Waals surface area contributed by atoms with Gasteiger partial charge in [0.25, 0.3) is 0 Å². The molecule has 0 spiro atoms. The number of benzene rings is 1. The maximum Gasteiger partial charge on any atom is 0.124 e. The molecule has 124 valence electrons. The Hall–Kier alpha value is -2.21. The van der Waals surface area contributed by atoms with Crippen LogP contribution in [0.25, 0.3) is 0 Å². The van der Waals surface area contributed by atoms with Gasteiger partial charge >= 0.3 is 0 Å². The third-order valence-corrected chi connectivity index (χ3v) is 4.36. The van der Waals surface area contributed by atoms with Crippen molar-refractivity contribution < 1.29 is 9.47 Å². The van der Waals surface area contributed by atoms with Gasteiger partial charge in [0.05, 0.1) is 20.8 Å². The lowest BCUT2D eigenvalue weighted by atomic mass is 10.2. The van der Waals surface area contributed by atoms with Crippen molar-refractivity contribution in [2.24, 2.45) is 7.05 Å². The molecule has 0 amide bonds. The number of nitrogens with one attached hydrogen (secondary N) is 1. The highest BCUT2D eigenvalue weighted by Crippen LogP contribution is 2.30. The zero-order chi connectivity index (χ0) is 16.2. The molecule has 0 bridgehead atoms. The van der Waals surface area contributed by atoms with Crippen molar-refractivity contribution in [3.05, 3.63) is 36.4 Å². The zero-order valence-corrected chi connectivity index (χ0v) is 14.0. The van der Waals surface area contributed by atoms with E-state index in [0.29, 0.717) is 6.04 Å². The first-order valence-electron chi connectivity index (χ1n) is 7.87. The van der Waals surface area contributed by atoms with Crippen molar-refractivity contribution in [2.75, 3.05) is 32.2 Å². The van der Waals surface area contributed by atoms with Gasteiger partial charge in [0, 0.05) is 62.5 Å². The Balaban J connectivity index is 1.62. The number of ether oxygens (including phenoxy) is 2. The molecule has 2 aromatic rings. The van der Waals surface area contributed by atoms with Gasteiger partial charge in [-0.3, -0.25) is 0 Å². The third kappa shape index (κ3) is 3.59. The van der Waals surface area contributed by atoms with Crippen LogP contribution < -0.4 is 19.7 Å². The Labute approximate surface area is 137 Å². The van der Waals surface area contributed by atoms with E-state index in [1.807, 2.05) is 30.1 Å². The molecule has 1 fully saturated rings. The topological polar surface area (TPSA) is 51.6 Å². The average Bonchev–Trinajstić information content (AvgIpc) is 3.21. The first-order valence-corrected chi connectivity index (χ1v) is 7.87. The van der Waals surface area contributed by atoms with Gasteiger partial charge in [-0.05, 0) is 6.42 Å². The molecule has 1 aromatic carbocycles. The quantitative estimate of drug-likeness (QED) is 0.881. The number of imidazole rings is 1. The number of nitrogens with zero attached hydrogens (tertiary/aromatic N) is 3. The fourth-order valence-electron chi connectivity index (χ4n) is 2.94. The number of rotatable bonds is 6. The minimum Gasteiger partial charge on any atom is -0.497 e. The Morgan fingerprint density at radius 1 is 1.22 bits per heavy atom. The van der Waals surface area contributed by atoms with E-state index in [1.165, 1.54) is 0 Å². The molecule has 2 heterocycles. The number of hydrogen-bond acceptors (Lipinski definition) is 5. The van der Waals surface area contributed by atoms with Gasteiger partial charge in [0.1, 0.15) is 17.3 Å². The lowest BCUT2D eigenvalue weighted by Gasteiger charge is -2.20. The summed E-state index contributed by atoms with van der Waals surface area (Å²) in [4.78, 5) is 6.72. The van der Waals surface area contributed by atoms with Gasteiger partial charge in [-0.25, -0.2) is 4.98 Å². The van der Waals surface area contributed by atoms with E-state index in [-0.39, 0.29) is 0 Å². The molecule has 0 aliphatic carbocycles. The van der Waals surface area contributed by atoms with E-state index in [4.69, 9.17) is 9.47 Å². The second-order valence-electron chi connectivity index (χ2n) is 5.84. The van der Waals surface area contributed by atoms with Crippen molar-refractivity contribution in [3.8, 4) is 11.5 Å². The highest BCUT2D eigenvalue weighted by Gasteiger charge is 2.23. The maximum atomic E-state index is 5.36. The standard InChI is InChI=1S/C17H24N4O2/c1-20-7-5-18-17(20)11-19-13-4-6-21(12-13)14-8-15(22-2)10-16(9-14)23-3/h5,7-10,13,19H,4,6,11-12H2,1-3H3. The van der Waals surface area contributed by atoms with Crippen LogP contribution in [0, 0.1) is 0 Å². The van der Waals surface area contributed by atoms with Gasteiger partial charge < -0.3 is 24.3 Å².